The van der Waals surface area contributed by atoms with Gasteiger partial charge in [0.25, 0.3) is 0 Å². The molecule has 0 saturated carbocycles. The van der Waals surface area contributed by atoms with E-state index in [0.717, 1.165) is 6.07 Å². The maximum absolute atomic E-state index is 12.9. The van der Waals surface area contributed by atoms with Crippen molar-refractivity contribution in [1.82, 2.24) is 0 Å². The maximum atomic E-state index is 12.9. The lowest BCUT2D eigenvalue weighted by Gasteiger charge is -2.34. The number of Topliss-reactive ketones (excluding diaryl/α,β-unsaturated/α-hetero) is 1. The predicted molar refractivity (Wildman–Crippen MR) is 82.6 cm³/mol. The fourth-order valence-electron chi connectivity index (χ4n) is 2.78. The number of alkyl halides is 3. The van der Waals surface area contributed by atoms with Gasteiger partial charge in [0.2, 0.25) is 0 Å². The number of rotatable bonds is 3. The average molecular weight is 352 g/mol. The molecule has 1 unspecified atom stereocenters. The summed E-state index contributed by atoms with van der Waals surface area (Å²) in [6.45, 7) is 1.64. The Morgan fingerprint density at radius 1 is 1.08 bits per heavy atom. The van der Waals surface area contributed by atoms with Gasteiger partial charge >= 0.3 is 6.36 Å². The number of carbonyl (C=O) groups excluding carboxylic acids is 1. The van der Waals surface area contributed by atoms with Crippen LogP contribution in [0.4, 0.5) is 13.2 Å². The number of hydrogen-bond acceptors (Lipinski definition) is 4. The summed E-state index contributed by atoms with van der Waals surface area (Å²) >= 11 is 0. The molecule has 7 heteroatoms. The van der Waals surface area contributed by atoms with Crippen LogP contribution < -0.4 is 9.47 Å². The largest absolute Gasteiger partial charge is 0.573 e. The van der Waals surface area contributed by atoms with Gasteiger partial charge in [-0.15, -0.1) is 13.2 Å². The lowest BCUT2D eigenvalue weighted by atomic mass is 9.83. The molecule has 0 bridgehead atoms. The van der Waals surface area contributed by atoms with Crippen LogP contribution in [0.1, 0.15) is 28.4 Å². The van der Waals surface area contributed by atoms with Crippen molar-refractivity contribution in [2.75, 3.05) is 7.11 Å². The zero-order valence-corrected chi connectivity index (χ0v) is 13.5. The molecule has 3 rings (SSSR count). The van der Waals surface area contributed by atoms with E-state index in [4.69, 9.17) is 9.47 Å². The first kappa shape index (κ1) is 17.3. The normalized spacial score (nSPS) is 20.1. The minimum Gasteiger partial charge on any atom is -0.497 e. The van der Waals surface area contributed by atoms with Crippen molar-refractivity contribution >= 4 is 5.78 Å². The molecule has 2 aromatic rings. The second kappa shape index (κ2) is 6.07. The van der Waals surface area contributed by atoms with Crippen molar-refractivity contribution in [1.29, 1.82) is 0 Å². The van der Waals surface area contributed by atoms with Crippen LogP contribution in [0.15, 0.2) is 42.5 Å². The fourth-order valence-corrected chi connectivity index (χ4v) is 2.78. The monoisotopic (exact) mass is 352 g/mol. The molecular weight excluding hydrogens is 337 g/mol. The second-order valence-electron chi connectivity index (χ2n) is 5.75. The van der Waals surface area contributed by atoms with Gasteiger partial charge in [0.05, 0.1) is 13.7 Å². The molecule has 1 atom stereocenters. The molecule has 1 heterocycles. The van der Waals surface area contributed by atoms with Gasteiger partial charge in [0.1, 0.15) is 11.5 Å². The molecule has 0 fully saturated rings. The Morgan fingerprint density at radius 2 is 1.72 bits per heavy atom. The summed E-state index contributed by atoms with van der Waals surface area (Å²) in [6, 6.07) is 10.5. The van der Waals surface area contributed by atoms with Crippen LogP contribution in [-0.2, 0) is 16.9 Å². The van der Waals surface area contributed by atoms with Gasteiger partial charge in [-0.3, -0.25) is 4.79 Å². The van der Waals surface area contributed by atoms with E-state index < -0.39 is 12.0 Å². The summed E-state index contributed by atoms with van der Waals surface area (Å²) < 4.78 is 51.7. The van der Waals surface area contributed by atoms with Crippen molar-refractivity contribution < 1.29 is 32.2 Å². The summed E-state index contributed by atoms with van der Waals surface area (Å²) in [7, 11) is 1.54. The molecule has 0 spiro atoms. The Labute approximate surface area is 142 Å². The standard InChI is InChI=1S/C18H15F3O4/c1-17(12-3-5-13(23-2)6-4-12)16(22)15-8-7-14(25-18(19,20)21)9-11(15)10-24-17/h3-9H,10H2,1-2H3. The zero-order valence-electron chi connectivity index (χ0n) is 13.5. The highest BCUT2D eigenvalue weighted by atomic mass is 19.4. The smallest absolute Gasteiger partial charge is 0.497 e. The molecule has 1 aliphatic rings. The molecular formula is C18H15F3O4. The molecule has 0 saturated heterocycles. The minimum atomic E-state index is -4.79. The summed E-state index contributed by atoms with van der Waals surface area (Å²) in [5.74, 6) is -0.0573. The van der Waals surface area contributed by atoms with Crippen molar-refractivity contribution in [3.05, 3.63) is 59.2 Å². The topological polar surface area (TPSA) is 44.8 Å². The van der Waals surface area contributed by atoms with E-state index in [1.807, 2.05) is 0 Å². The Bertz CT molecular complexity index is 799. The molecule has 0 aliphatic carbocycles. The van der Waals surface area contributed by atoms with Crippen LogP contribution in [0.5, 0.6) is 11.5 Å². The van der Waals surface area contributed by atoms with Gasteiger partial charge in [-0.2, -0.15) is 0 Å². The molecule has 2 aromatic carbocycles. The number of halogens is 3. The quantitative estimate of drug-likeness (QED) is 0.830. The number of fused-ring (bicyclic) bond motifs is 1. The third kappa shape index (κ3) is 3.32. The van der Waals surface area contributed by atoms with Gasteiger partial charge in [-0.05, 0) is 48.4 Å². The van der Waals surface area contributed by atoms with Crippen LogP contribution in [0.3, 0.4) is 0 Å². The highest BCUT2D eigenvalue weighted by Gasteiger charge is 2.41. The first-order valence-corrected chi connectivity index (χ1v) is 7.45. The first-order chi connectivity index (χ1) is 11.7. The highest BCUT2D eigenvalue weighted by Crippen LogP contribution is 2.38. The van der Waals surface area contributed by atoms with Crippen LogP contribution >= 0.6 is 0 Å². The zero-order chi connectivity index (χ0) is 18.2. The van der Waals surface area contributed by atoms with E-state index in [1.165, 1.54) is 19.2 Å². The van der Waals surface area contributed by atoms with Crippen molar-refractivity contribution in [2.24, 2.45) is 0 Å². The number of carbonyl (C=O) groups is 1. The summed E-state index contributed by atoms with van der Waals surface area (Å²) in [5.41, 5.74) is 0.0995. The average Bonchev–Trinajstić information content (AvgIpc) is 2.57. The van der Waals surface area contributed by atoms with E-state index in [1.54, 1.807) is 31.2 Å². The molecule has 25 heavy (non-hydrogen) atoms. The number of hydrogen-bond donors (Lipinski definition) is 0. The van der Waals surface area contributed by atoms with Crippen molar-refractivity contribution in [3.8, 4) is 11.5 Å². The molecule has 1 aliphatic heterocycles. The fraction of sp³-hybridized carbons (Fsp3) is 0.278. The Morgan fingerprint density at radius 3 is 2.32 bits per heavy atom. The Kier molecular flexibility index (Phi) is 4.20. The van der Waals surface area contributed by atoms with Gasteiger partial charge in [0.15, 0.2) is 11.4 Å². The lowest BCUT2D eigenvalue weighted by molar-refractivity contribution is -0.274. The van der Waals surface area contributed by atoms with Crippen LogP contribution in [0, 0.1) is 0 Å². The summed E-state index contributed by atoms with van der Waals surface area (Å²) in [4.78, 5) is 12.9. The first-order valence-electron chi connectivity index (χ1n) is 7.45. The van der Waals surface area contributed by atoms with Crippen molar-refractivity contribution in [3.63, 3.8) is 0 Å². The molecule has 0 N–H and O–H groups in total. The second-order valence-corrected chi connectivity index (χ2v) is 5.75. The third-order valence-corrected chi connectivity index (χ3v) is 4.15. The maximum Gasteiger partial charge on any atom is 0.573 e. The number of ether oxygens (including phenoxy) is 3. The van der Waals surface area contributed by atoms with Gasteiger partial charge in [0, 0.05) is 5.56 Å². The molecule has 0 aromatic heterocycles. The minimum absolute atomic E-state index is 0.00133. The molecule has 132 valence electrons. The van der Waals surface area contributed by atoms with E-state index in [9.17, 15) is 18.0 Å². The van der Waals surface area contributed by atoms with E-state index in [2.05, 4.69) is 4.74 Å². The van der Waals surface area contributed by atoms with E-state index >= 15 is 0 Å². The SMILES string of the molecule is COc1ccc(C2(C)OCc3cc(OC(F)(F)F)ccc3C2=O)cc1. The van der Waals surface area contributed by atoms with E-state index in [-0.39, 0.29) is 18.1 Å². The summed E-state index contributed by atoms with van der Waals surface area (Å²) in [6.07, 6.45) is -4.79. The number of ketones is 1. The molecule has 0 radical (unpaired) electrons. The van der Waals surface area contributed by atoms with Gasteiger partial charge in [-0.25, -0.2) is 0 Å². The summed E-state index contributed by atoms with van der Waals surface area (Å²) in [5, 5.41) is 0. The predicted octanol–water partition coefficient (Wildman–Crippen LogP) is 4.22. The Hall–Kier alpha value is -2.54. The number of benzene rings is 2. The molecule has 4 nitrogen and oxygen atoms in total. The van der Waals surface area contributed by atoms with Crippen molar-refractivity contribution in [2.45, 2.75) is 25.5 Å². The van der Waals surface area contributed by atoms with Crippen LogP contribution in [0.25, 0.3) is 0 Å². The van der Waals surface area contributed by atoms with Gasteiger partial charge < -0.3 is 14.2 Å². The lowest BCUT2D eigenvalue weighted by Crippen LogP contribution is -2.39. The highest BCUT2D eigenvalue weighted by molar-refractivity contribution is 6.04. The van der Waals surface area contributed by atoms with E-state index in [0.29, 0.717) is 22.4 Å². The van der Waals surface area contributed by atoms with Gasteiger partial charge in [-0.1, -0.05) is 12.1 Å². The number of methoxy groups -OCH3 is 1. The Balaban J connectivity index is 1.92. The van der Waals surface area contributed by atoms with Crippen LogP contribution in [-0.4, -0.2) is 19.3 Å². The molecule has 0 amide bonds. The third-order valence-electron chi connectivity index (χ3n) is 4.15. The van der Waals surface area contributed by atoms with Crippen LogP contribution in [0.2, 0.25) is 0 Å².